The molecule has 124 valence electrons. The first-order valence-electron chi connectivity index (χ1n) is 8.08. The molecule has 0 bridgehead atoms. The Hall–Kier alpha value is -1.36. The van der Waals surface area contributed by atoms with Crippen LogP contribution in [0.25, 0.3) is 0 Å². The highest BCUT2D eigenvalue weighted by atomic mass is 32.1. The van der Waals surface area contributed by atoms with E-state index < -0.39 is 0 Å². The van der Waals surface area contributed by atoms with Crippen LogP contribution in [0.15, 0.2) is 16.8 Å². The predicted octanol–water partition coefficient (Wildman–Crippen LogP) is 3.59. The average Bonchev–Trinajstić information content (AvgIpc) is 2.97. The molecule has 1 atom stereocenters. The van der Waals surface area contributed by atoms with Gasteiger partial charge in [0, 0.05) is 30.0 Å². The summed E-state index contributed by atoms with van der Waals surface area (Å²) < 4.78 is 0. The monoisotopic (exact) mass is 324 g/mol. The van der Waals surface area contributed by atoms with Gasteiger partial charge in [0.25, 0.3) is 5.91 Å². The molecule has 0 aromatic carbocycles. The molecule has 0 fully saturated rings. The molecule has 1 aromatic rings. The molecule has 0 saturated heterocycles. The zero-order valence-electron chi connectivity index (χ0n) is 13.9. The second-order valence-electron chi connectivity index (χ2n) is 6.16. The largest absolute Gasteiger partial charge is 0.354 e. The van der Waals surface area contributed by atoms with Gasteiger partial charge in [0.1, 0.15) is 0 Å². The van der Waals surface area contributed by atoms with Gasteiger partial charge in [0.2, 0.25) is 5.91 Å². The van der Waals surface area contributed by atoms with Crippen LogP contribution in [-0.2, 0) is 4.79 Å². The lowest BCUT2D eigenvalue weighted by molar-refractivity contribution is -0.121. The minimum absolute atomic E-state index is 0.0660. The molecule has 0 saturated carbocycles. The van der Waals surface area contributed by atoms with Crippen molar-refractivity contribution < 1.29 is 9.59 Å². The first-order chi connectivity index (χ1) is 10.5. The Morgan fingerprint density at radius 1 is 1.18 bits per heavy atom. The van der Waals surface area contributed by atoms with Gasteiger partial charge in [-0.3, -0.25) is 9.59 Å². The van der Waals surface area contributed by atoms with Gasteiger partial charge in [-0.1, -0.05) is 26.7 Å². The molecule has 1 unspecified atom stereocenters. The second-order valence-corrected chi connectivity index (χ2v) is 6.94. The molecule has 0 aliphatic heterocycles. The smallest absolute Gasteiger partial charge is 0.252 e. The lowest BCUT2D eigenvalue weighted by Gasteiger charge is -2.14. The molecule has 1 aromatic heterocycles. The number of carbonyl (C=O) groups excluding carboxylic acids is 2. The molecule has 2 amide bonds. The molecule has 22 heavy (non-hydrogen) atoms. The summed E-state index contributed by atoms with van der Waals surface area (Å²) in [6.07, 6.45) is 4.50. The SMILES string of the molecule is CC(C)CCCC(C)NC(=O)CCCNC(=O)c1ccsc1. The normalized spacial score (nSPS) is 12.2. The molecule has 5 heteroatoms. The van der Waals surface area contributed by atoms with Crippen LogP contribution in [0, 0.1) is 5.92 Å². The summed E-state index contributed by atoms with van der Waals surface area (Å²) in [6.45, 7) is 7.02. The minimum Gasteiger partial charge on any atom is -0.354 e. The topological polar surface area (TPSA) is 58.2 Å². The fourth-order valence-electron chi connectivity index (χ4n) is 2.20. The van der Waals surface area contributed by atoms with Crippen LogP contribution in [0.1, 0.15) is 63.2 Å². The molecule has 0 aliphatic carbocycles. The maximum atomic E-state index is 11.8. The molecular formula is C17H28N2O2S. The van der Waals surface area contributed by atoms with Crippen molar-refractivity contribution in [2.45, 2.75) is 58.9 Å². The van der Waals surface area contributed by atoms with Crippen molar-refractivity contribution in [1.29, 1.82) is 0 Å². The Bertz CT molecular complexity index is 444. The van der Waals surface area contributed by atoms with Gasteiger partial charge in [-0.2, -0.15) is 11.3 Å². The van der Waals surface area contributed by atoms with Crippen molar-refractivity contribution in [3.8, 4) is 0 Å². The summed E-state index contributed by atoms with van der Waals surface area (Å²) >= 11 is 1.50. The maximum Gasteiger partial charge on any atom is 0.252 e. The van der Waals surface area contributed by atoms with Gasteiger partial charge >= 0.3 is 0 Å². The standard InChI is InChI=1S/C17H28N2O2S/c1-13(2)6-4-7-14(3)19-16(20)8-5-10-18-17(21)15-9-11-22-12-15/h9,11-14H,4-8,10H2,1-3H3,(H,18,21)(H,19,20). The Morgan fingerprint density at radius 3 is 2.59 bits per heavy atom. The molecule has 1 rings (SSSR count). The van der Waals surface area contributed by atoms with Gasteiger partial charge in [-0.25, -0.2) is 0 Å². The number of amides is 2. The maximum absolute atomic E-state index is 11.8. The number of thiophene rings is 1. The van der Waals surface area contributed by atoms with Crippen molar-refractivity contribution in [3.63, 3.8) is 0 Å². The van der Waals surface area contributed by atoms with Gasteiger partial charge in [-0.05, 0) is 37.1 Å². The van der Waals surface area contributed by atoms with E-state index in [1.54, 1.807) is 6.07 Å². The third-order valence-electron chi connectivity index (χ3n) is 3.48. The van der Waals surface area contributed by atoms with Crippen LogP contribution >= 0.6 is 11.3 Å². The summed E-state index contributed by atoms with van der Waals surface area (Å²) in [7, 11) is 0. The fourth-order valence-corrected chi connectivity index (χ4v) is 2.83. The summed E-state index contributed by atoms with van der Waals surface area (Å²) in [6, 6.07) is 2.03. The zero-order chi connectivity index (χ0) is 16.4. The van der Waals surface area contributed by atoms with Crippen molar-refractivity contribution in [3.05, 3.63) is 22.4 Å². The van der Waals surface area contributed by atoms with Crippen LogP contribution in [0.3, 0.4) is 0 Å². The quantitative estimate of drug-likeness (QED) is 0.646. The first kappa shape index (κ1) is 18.7. The molecule has 0 radical (unpaired) electrons. The summed E-state index contributed by atoms with van der Waals surface area (Å²) in [5, 5.41) is 9.55. The highest BCUT2D eigenvalue weighted by Crippen LogP contribution is 2.08. The third kappa shape index (κ3) is 8.17. The summed E-state index contributed by atoms with van der Waals surface area (Å²) in [5.41, 5.74) is 0.688. The third-order valence-corrected chi connectivity index (χ3v) is 4.16. The van der Waals surface area contributed by atoms with Gasteiger partial charge in [0.05, 0.1) is 0 Å². The minimum atomic E-state index is -0.0660. The van der Waals surface area contributed by atoms with Crippen LogP contribution in [0.5, 0.6) is 0 Å². The Morgan fingerprint density at radius 2 is 1.95 bits per heavy atom. The lowest BCUT2D eigenvalue weighted by Crippen LogP contribution is -2.33. The molecule has 4 nitrogen and oxygen atoms in total. The Labute approximate surface area is 137 Å². The Kier molecular flexibility index (Phi) is 8.82. The van der Waals surface area contributed by atoms with Crippen LogP contribution in [0.4, 0.5) is 0 Å². The second kappa shape index (κ2) is 10.4. The zero-order valence-corrected chi connectivity index (χ0v) is 14.7. The lowest BCUT2D eigenvalue weighted by atomic mass is 10.0. The highest BCUT2D eigenvalue weighted by Gasteiger charge is 2.08. The number of hydrogen-bond donors (Lipinski definition) is 2. The summed E-state index contributed by atoms with van der Waals surface area (Å²) in [5.74, 6) is 0.722. The van der Waals surface area contributed by atoms with E-state index in [0.29, 0.717) is 24.9 Å². The van der Waals surface area contributed by atoms with Crippen molar-refractivity contribution in [1.82, 2.24) is 10.6 Å². The number of rotatable bonds is 10. The van der Waals surface area contributed by atoms with E-state index in [1.807, 2.05) is 10.8 Å². The van der Waals surface area contributed by atoms with Crippen molar-refractivity contribution in [2.24, 2.45) is 5.92 Å². The fraction of sp³-hybridized carbons (Fsp3) is 0.647. The molecule has 0 aliphatic rings. The Balaban J connectivity index is 2.06. The number of hydrogen-bond acceptors (Lipinski definition) is 3. The van der Waals surface area contributed by atoms with Crippen LogP contribution in [-0.4, -0.2) is 24.4 Å². The highest BCUT2D eigenvalue weighted by molar-refractivity contribution is 7.08. The van der Waals surface area contributed by atoms with Crippen molar-refractivity contribution >= 4 is 23.2 Å². The van der Waals surface area contributed by atoms with Crippen LogP contribution < -0.4 is 10.6 Å². The van der Waals surface area contributed by atoms with Gasteiger partial charge in [-0.15, -0.1) is 0 Å². The number of nitrogens with one attached hydrogen (secondary N) is 2. The average molecular weight is 324 g/mol. The van der Waals surface area contributed by atoms with E-state index in [0.717, 1.165) is 18.8 Å². The molecule has 0 spiro atoms. The molecule has 2 N–H and O–H groups in total. The predicted molar refractivity (Wildman–Crippen MR) is 92.2 cm³/mol. The van der Waals surface area contributed by atoms with Crippen molar-refractivity contribution in [2.75, 3.05) is 6.54 Å². The van der Waals surface area contributed by atoms with E-state index in [-0.39, 0.29) is 17.9 Å². The number of carbonyl (C=O) groups is 2. The van der Waals surface area contributed by atoms with Gasteiger partial charge in [0.15, 0.2) is 0 Å². The van der Waals surface area contributed by atoms with E-state index >= 15 is 0 Å². The molecular weight excluding hydrogens is 296 g/mol. The van der Waals surface area contributed by atoms with E-state index in [4.69, 9.17) is 0 Å². The molecule has 1 heterocycles. The van der Waals surface area contributed by atoms with E-state index in [1.165, 1.54) is 17.8 Å². The van der Waals surface area contributed by atoms with Gasteiger partial charge < -0.3 is 10.6 Å². The summed E-state index contributed by atoms with van der Waals surface area (Å²) in [4.78, 5) is 23.5. The van der Waals surface area contributed by atoms with E-state index in [2.05, 4.69) is 31.4 Å². The van der Waals surface area contributed by atoms with Crippen LogP contribution in [0.2, 0.25) is 0 Å². The van der Waals surface area contributed by atoms with E-state index in [9.17, 15) is 9.59 Å². The first-order valence-corrected chi connectivity index (χ1v) is 9.03.